The normalized spacial score (nSPS) is 11.1. The van der Waals surface area contributed by atoms with Crippen molar-refractivity contribution in [2.45, 2.75) is 5.16 Å². The van der Waals surface area contributed by atoms with Crippen LogP contribution in [0.1, 0.15) is 5.56 Å². The molecule has 0 spiro atoms. The van der Waals surface area contributed by atoms with Crippen molar-refractivity contribution in [1.82, 2.24) is 20.2 Å². The summed E-state index contributed by atoms with van der Waals surface area (Å²) in [5, 5.41) is 32.1. The Kier molecular flexibility index (Phi) is 6.17. The summed E-state index contributed by atoms with van der Waals surface area (Å²) < 4.78 is 1.78. The number of benzene rings is 2. The van der Waals surface area contributed by atoms with Crippen LogP contribution in [-0.2, 0) is 11.8 Å². The summed E-state index contributed by atoms with van der Waals surface area (Å²) in [6.45, 7) is 0. The third-order valence-corrected chi connectivity index (χ3v) is 4.91. The quantitative estimate of drug-likeness (QED) is 0.323. The summed E-state index contributed by atoms with van der Waals surface area (Å²) in [4.78, 5) is 12.0. The number of aromatic nitrogens is 3. The Morgan fingerprint density at radius 1 is 1.29 bits per heavy atom. The number of carbonyl (C=O) groups is 1. The monoisotopic (exact) mass is 417 g/mol. The number of amides is 1. The molecule has 0 radical (unpaired) electrons. The number of phenols is 2. The SMILES string of the molecule is Cn1c(SCC(=O)N/N=C/c2ccc(O)cc2O)nnc1-c1cccc(Cl)c1. The van der Waals surface area contributed by atoms with Crippen LogP contribution >= 0.6 is 23.4 Å². The van der Waals surface area contributed by atoms with E-state index in [4.69, 9.17) is 11.6 Å². The zero-order valence-corrected chi connectivity index (χ0v) is 16.3. The van der Waals surface area contributed by atoms with E-state index in [1.165, 1.54) is 36.2 Å². The van der Waals surface area contributed by atoms with Gasteiger partial charge in [0.15, 0.2) is 11.0 Å². The van der Waals surface area contributed by atoms with Crippen LogP contribution < -0.4 is 5.43 Å². The minimum atomic E-state index is -0.341. The van der Waals surface area contributed by atoms with Crippen molar-refractivity contribution >= 4 is 35.5 Å². The van der Waals surface area contributed by atoms with Crippen molar-refractivity contribution in [3.05, 3.63) is 53.1 Å². The van der Waals surface area contributed by atoms with Crippen molar-refractivity contribution in [2.24, 2.45) is 12.1 Å². The fraction of sp³-hybridized carbons (Fsp3) is 0.111. The van der Waals surface area contributed by atoms with Gasteiger partial charge in [0.1, 0.15) is 11.5 Å². The largest absolute Gasteiger partial charge is 0.508 e. The number of phenolic OH excluding ortho intramolecular Hbond substituents is 2. The molecule has 144 valence electrons. The van der Waals surface area contributed by atoms with E-state index in [-0.39, 0.29) is 23.2 Å². The fourth-order valence-corrected chi connectivity index (χ4v) is 3.19. The molecule has 28 heavy (non-hydrogen) atoms. The summed E-state index contributed by atoms with van der Waals surface area (Å²) in [5.74, 6) is 0.189. The lowest BCUT2D eigenvalue weighted by atomic mass is 10.2. The molecule has 0 saturated heterocycles. The van der Waals surface area contributed by atoms with Crippen molar-refractivity contribution in [1.29, 1.82) is 0 Å². The molecule has 2 aromatic carbocycles. The number of halogens is 1. The molecule has 3 rings (SSSR count). The number of hydrogen-bond acceptors (Lipinski definition) is 7. The van der Waals surface area contributed by atoms with Crippen LogP contribution in [0.2, 0.25) is 5.02 Å². The highest BCUT2D eigenvalue weighted by Gasteiger charge is 2.13. The van der Waals surface area contributed by atoms with Gasteiger partial charge in [0.25, 0.3) is 5.91 Å². The number of nitrogens with zero attached hydrogens (tertiary/aromatic N) is 4. The molecule has 0 saturated carbocycles. The molecule has 10 heteroatoms. The van der Waals surface area contributed by atoms with E-state index in [1.54, 1.807) is 16.7 Å². The highest BCUT2D eigenvalue weighted by molar-refractivity contribution is 7.99. The fourth-order valence-electron chi connectivity index (χ4n) is 2.30. The van der Waals surface area contributed by atoms with Crippen LogP contribution in [0, 0.1) is 0 Å². The van der Waals surface area contributed by atoms with Crippen LogP contribution in [0.4, 0.5) is 0 Å². The average Bonchev–Trinajstić information content (AvgIpc) is 3.02. The average molecular weight is 418 g/mol. The molecule has 3 N–H and O–H groups in total. The second-order valence-corrected chi connectivity index (χ2v) is 7.08. The smallest absolute Gasteiger partial charge is 0.250 e. The first-order valence-electron chi connectivity index (χ1n) is 8.06. The van der Waals surface area contributed by atoms with Gasteiger partial charge in [-0.05, 0) is 24.3 Å². The molecule has 0 atom stereocenters. The zero-order chi connectivity index (χ0) is 20.1. The van der Waals surface area contributed by atoms with Gasteiger partial charge in [-0.25, -0.2) is 5.43 Å². The molecule has 0 aliphatic heterocycles. The first-order chi connectivity index (χ1) is 13.4. The Morgan fingerprint density at radius 3 is 2.86 bits per heavy atom. The van der Waals surface area contributed by atoms with Crippen molar-refractivity contribution in [3.8, 4) is 22.9 Å². The van der Waals surface area contributed by atoms with Gasteiger partial charge in [0.2, 0.25) is 0 Å². The van der Waals surface area contributed by atoms with E-state index < -0.39 is 0 Å². The number of hydrazone groups is 1. The summed E-state index contributed by atoms with van der Waals surface area (Å²) in [6.07, 6.45) is 1.29. The van der Waals surface area contributed by atoms with E-state index in [9.17, 15) is 15.0 Å². The first-order valence-corrected chi connectivity index (χ1v) is 9.42. The Labute approximate surface area is 169 Å². The van der Waals surface area contributed by atoms with Crippen molar-refractivity contribution in [2.75, 3.05) is 5.75 Å². The molecular weight excluding hydrogens is 402 g/mol. The Bertz CT molecular complexity index is 1040. The van der Waals surface area contributed by atoms with E-state index in [1.807, 2.05) is 19.2 Å². The van der Waals surface area contributed by atoms with E-state index >= 15 is 0 Å². The number of aromatic hydroxyl groups is 2. The van der Waals surface area contributed by atoms with Gasteiger partial charge in [-0.2, -0.15) is 5.10 Å². The van der Waals surface area contributed by atoms with Crippen LogP contribution in [0.3, 0.4) is 0 Å². The maximum absolute atomic E-state index is 12.0. The number of rotatable bonds is 6. The van der Waals surface area contributed by atoms with Gasteiger partial charge in [-0.1, -0.05) is 35.5 Å². The van der Waals surface area contributed by atoms with Crippen molar-refractivity contribution in [3.63, 3.8) is 0 Å². The molecule has 0 bridgehead atoms. The highest BCUT2D eigenvalue weighted by atomic mass is 35.5. The maximum atomic E-state index is 12.0. The van der Waals surface area contributed by atoms with Crippen LogP contribution in [0.5, 0.6) is 11.5 Å². The lowest BCUT2D eigenvalue weighted by Crippen LogP contribution is -2.19. The van der Waals surface area contributed by atoms with Crippen LogP contribution in [0.15, 0.2) is 52.7 Å². The topological polar surface area (TPSA) is 113 Å². The lowest BCUT2D eigenvalue weighted by molar-refractivity contribution is -0.118. The third kappa shape index (κ3) is 4.81. The van der Waals surface area contributed by atoms with Crippen LogP contribution in [-0.4, -0.2) is 42.9 Å². The summed E-state index contributed by atoms with van der Waals surface area (Å²) >= 11 is 7.22. The first kappa shape index (κ1) is 19.7. The predicted molar refractivity (Wildman–Crippen MR) is 108 cm³/mol. The molecular formula is C18H16ClN5O3S. The minimum Gasteiger partial charge on any atom is -0.508 e. The molecule has 0 aliphatic rings. The standard InChI is InChI=1S/C18H16ClN5O3S/c1-24-17(11-3-2-4-13(19)7-11)22-23-18(24)28-10-16(27)21-20-9-12-5-6-14(25)8-15(12)26/h2-9,25-26H,10H2,1H3,(H,21,27)/b20-9+. The number of carbonyl (C=O) groups excluding carboxylic acids is 1. The third-order valence-electron chi connectivity index (χ3n) is 3.66. The number of hydrogen-bond donors (Lipinski definition) is 3. The lowest BCUT2D eigenvalue weighted by Gasteiger charge is -2.04. The molecule has 8 nitrogen and oxygen atoms in total. The molecule has 0 fully saturated rings. The second kappa shape index (κ2) is 8.77. The molecule has 1 heterocycles. The van der Waals surface area contributed by atoms with E-state index in [0.29, 0.717) is 21.6 Å². The van der Waals surface area contributed by atoms with Gasteiger partial charge in [-0.3, -0.25) is 4.79 Å². The Balaban J connectivity index is 1.57. The van der Waals surface area contributed by atoms with Crippen LogP contribution in [0.25, 0.3) is 11.4 Å². The summed E-state index contributed by atoms with van der Waals surface area (Å²) in [5.41, 5.74) is 3.57. The number of nitrogens with one attached hydrogen (secondary N) is 1. The van der Waals surface area contributed by atoms with Gasteiger partial charge in [0, 0.05) is 29.3 Å². The summed E-state index contributed by atoms with van der Waals surface area (Å²) in [7, 11) is 1.81. The molecule has 3 aromatic rings. The summed E-state index contributed by atoms with van der Waals surface area (Å²) in [6, 6.07) is 11.3. The van der Waals surface area contributed by atoms with E-state index in [2.05, 4.69) is 20.7 Å². The van der Waals surface area contributed by atoms with Gasteiger partial charge < -0.3 is 14.8 Å². The van der Waals surface area contributed by atoms with Crippen molar-refractivity contribution < 1.29 is 15.0 Å². The maximum Gasteiger partial charge on any atom is 0.250 e. The highest BCUT2D eigenvalue weighted by Crippen LogP contribution is 2.24. The van der Waals surface area contributed by atoms with Gasteiger partial charge >= 0.3 is 0 Å². The molecule has 0 unspecified atom stereocenters. The number of thioether (sulfide) groups is 1. The zero-order valence-electron chi connectivity index (χ0n) is 14.7. The van der Waals surface area contributed by atoms with Gasteiger partial charge in [0.05, 0.1) is 12.0 Å². The molecule has 1 aromatic heterocycles. The minimum absolute atomic E-state index is 0.0593. The Morgan fingerprint density at radius 2 is 2.11 bits per heavy atom. The van der Waals surface area contributed by atoms with Gasteiger partial charge in [-0.15, -0.1) is 10.2 Å². The predicted octanol–water partition coefficient (Wildman–Crippen LogP) is 2.79. The Hall–Kier alpha value is -3.04. The molecule has 0 aliphatic carbocycles. The second-order valence-electron chi connectivity index (χ2n) is 5.70. The van der Waals surface area contributed by atoms with E-state index in [0.717, 1.165) is 5.56 Å². The molecule has 1 amide bonds.